The van der Waals surface area contributed by atoms with E-state index in [1.165, 1.54) is 18.2 Å². The average molecular weight is 277 g/mol. The standard InChI is InChI=1S/C11H13F2NO3S/c12-11(13)4-6-14(7-5-11)18(16,17)10-3-1-2-9(15)8-10/h1-3,8,15H,4-7H2. The summed E-state index contributed by atoms with van der Waals surface area (Å²) in [5.41, 5.74) is 0. The van der Waals surface area contributed by atoms with Gasteiger partial charge in [0.25, 0.3) is 5.92 Å². The fraction of sp³-hybridized carbons (Fsp3) is 0.455. The van der Waals surface area contributed by atoms with Crippen LogP contribution in [-0.4, -0.2) is 36.8 Å². The lowest BCUT2D eigenvalue weighted by Gasteiger charge is -2.30. The topological polar surface area (TPSA) is 57.6 Å². The van der Waals surface area contributed by atoms with E-state index in [1.807, 2.05) is 0 Å². The molecule has 1 fully saturated rings. The molecule has 0 aliphatic carbocycles. The number of benzene rings is 1. The van der Waals surface area contributed by atoms with Gasteiger partial charge in [-0.1, -0.05) is 6.07 Å². The summed E-state index contributed by atoms with van der Waals surface area (Å²) in [4.78, 5) is -0.0762. The van der Waals surface area contributed by atoms with Crippen LogP contribution in [0.2, 0.25) is 0 Å². The lowest BCUT2D eigenvalue weighted by Crippen LogP contribution is -2.42. The maximum atomic E-state index is 13.0. The zero-order valence-electron chi connectivity index (χ0n) is 9.51. The van der Waals surface area contributed by atoms with Crippen LogP contribution in [0.4, 0.5) is 8.78 Å². The number of aromatic hydroxyl groups is 1. The summed E-state index contributed by atoms with van der Waals surface area (Å²) in [5.74, 6) is -2.95. The first-order chi connectivity index (χ1) is 8.31. The van der Waals surface area contributed by atoms with Crippen molar-refractivity contribution < 1.29 is 22.3 Å². The highest BCUT2D eigenvalue weighted by Crippen LogP contribution is 2.31. The number of alkyl halides is 2. The van der Waals surface area contributed by atoms with Crippen LogP contribution in [-0.2, 0) is 10.0 Å². The number of sulfonamides is 1. The Hall–Kier alpha value is -1.21. The van der Waals surface area contributed by atoms with Crippen molar-refractivity contribution in [2.45, 2.75) is 23.7 Å². The molecule has 1 heterocycles. The predicted molar refractivity (Wildman–Crippen MR) is 61.0 cm³/mol. The molecule has 1 saturated heterocycles. The summed E-state index contributed by atoms with van der Waals surface area (Å²) in [6.45, 7) is -0.407. The molecule has 1 N–H and O–H groups in total. The molecule has 1 aromatic rings. The van der Waals surface area contributed by atoms with Gasteiger partial charge in [0.15, 0.2) is 0 Å². The number of phenolic OH excluding ortho intramolecular Hbond substituents is 1. The van der Waals surface area contributed by atoms with Crippen molar-refractivity contribution in [2.75, 3.05) is 13.1 Å². The normalized spacial score (nSPS) is 20.8. The zero-order valence-corrected chi connectivity index (χ0v) is 10.3. The van der Waals surface area contributed by atoms with Crippen LogP contribution in [0.1, 0.15) is 12.8 Å². The number of hydrogen-bond acceptors (Lipinski definition) is 3. The van der Waals surface area contributed by atoms with Gasteiger partial charge in [-0.05, 0) is 18.2 Å². The van der Waals surface area contributed by atoms with Crippen LogP contribution >= 0.6 is 0 Å². The van der Waals surface area contributed by atoms with E-state index in [-0.39, 0.29) is 23.7 Å². The molecular formula is C11H13F2NO3S. The number of rotatable bonds is 2. The van der Waals surface area contributed by atoms with Crippen LogP contribution < -0.4 is 0 Å². The van der Waals surface area contributed by atoms with E-state index < -0.39 is 28.8 Å². The summed E-state index contributed by atoms with van der Waals surface area (Å²) in [6.07, 6.45) is -0.934. The molecule has 0 unspecified atom stereocenters. The molecule has 4 nitrogen and oxygen atoms in total. The molecule has 1 aliphatic rings. The van der Waals surface area contributed by atoms with Crippen LogP contribution in [0.3, 0.4) is 0 Å². The lowest BCUT2D eigenvalue weighted by molar-refractivity contribution is -0.0412. The molecule has 0 saturated carbocycles. The third-order valence-corrected chi connectivity index (χ3v) is 4.80. The Labute approximate surface area is 104 Å². The maximum absolute atomic E-state index is 13.0. The molecule has 0 spiro atoms. The first-order valence-electron chi connectivity index (χ1n) is 5.48. The van der Waals surface area contributed by atoms with Gasteiger partial charge < -0.3 is 5.11 Å². The van der Waals surface area contributed by atoms with Crippen molar-refractivity contribution in [2.24, 2.45) is 0 Å². The van der Waals surface area contributed by atoms with Gasteiger partial charge >= 0.3 is 0 Å². The van der Waals surface area contributed by atoms with Gasteiger partial charge in [-0.25, -0.2) is 17.2 Å². The smallest absolute Gasteiger partial charge is 0.250 e. The third kappa shape index (κ3) is 2.62. The van der Waals surface area contributed by atoms with Crippen molar-refractivity contribution in [3.8, 4) is 5.75 Å². The number of nitrogens with zero attached hydrogens (tertiary/aromatic N) is 1. The monoisotopic (exact) mass is 277 g/mol. The molecule has 0 bridgehead atoms. The van der Waals surface area contributed by atoms with Crippen molar-refractivity contribution in [1.29, 1.82) is 0 Å². The molecule has 2 rings (SSSR count). The van der Waals surface area contributed by atoms with Gasteiger partial charge in [0.1, 0.15) is 5.75 Å². The Bertz CT molecular complexity index is 535. The Morgan fingerprint density at radius 2 is 1.83 bits per heavy atom. The van der Waals surface area contributed by atoms with Crippen molar-refractivity contribution in [3.05, 3.63) is 24.3 Å². The molecule has 0 amide bonds. The van der Waals surface area contributed by atoms with Crippen LogP contribution in [0.5, 0.6) is 5.75 Å². The van der Waals surface area contributed by atoms with Crippen LogP contribution in [0.15, 0.2) is 29.2 Å². The minimum absolute atomic E-state index is 0.0762. The second-order valence-corrected chi connectivity index (χ2v) is 6.20. The van der Waals surface area contributed by atoms with Crippen molar-refractivity contribution >= 4 is 10.0 Å². The highest BCUT2D eigenvalue weighted by Gasteiger charge is 2.38. The van der Waals surface area contributed by atoms with Crippen molar-refractivity contribution in [1.82, 2.24) is 4.31 Å². The van der Waals surface area contributed by atoms with Gasteiger partial charge in [-0.15, -0.1) is 0 Å². The van der Waals surface area contributed by atoms with E-state index in [1.54, 1.807) is 0 Å². The minimum Gasteiger partial charge on any atom is -0.508 e. The van der Waals surface area contributed by atoms with Gasteiger partial charge in [-0.2, -0.15) is 4.31 Å². The predicted octanol–water partition coefficient (Wildman–Crippen LogP) is 1.81. The Morgan fingerprint density at radius 3 is 2.39 bits per heavy atom. The van der Waals surface area contributed by atoms with Crippen molar-refractivity contribution in [3.63, 3.8) is 0 Å². The molecule has 18 heavy (non-hydrogen) atoms. The van der Waals surface area contributed by atoms with Gasteiger partial charge in [-0.3, -0.25) is 0 Å². The number of hydrogen-bond donors (Lipinski definition) is 1. The molecule has 0 radical (unpaired) electrons. The molecule has 0 atom stereocenters. The number of piperidine rings is 1. The Balaban J connectivity index is 2.23. The summed E-state index contributed by atoms with van der Waals surface area (Å²) >= 11 is 0. The lowest BCUT2D eigenvalue weighted by atomic mass is 10.1. The SMILES string of the molecule is O=S(=O)(c1cccc(O)c1)N1CCC(F)(F)CC1. The number of phenols is 1. The summed E-state index contributed by atoms with van der Waals surface area (Å²) in [5, 5.41) is 9.25. The first-order valence-corrected chi connectivity index (χ1v) is 6.92. The molecular weight excluding hydrogens is 264 g/mol. The highest BCUT2D eigenvalue weighted by atomic mass is 32.2. The maximum Gasteiger partial charge on any atom is 0.250 e. The summed E-state index contributed by atoms with van der Waals surface area (Å²) in [6, 6.07) is 5.20. The first kappa shape index (κ1) is 13.2. The Morgan fingerprint density at radius 1 is 1.22 bits per heavy atom. The minimum atomic E-state index is -3.79. The van der Waals surface area contributed by atoms with Gasteiger partial charge in [0, 0.05) is 25.9 Å². The van der Waals surface area contributed by atoms with E-state index in [0.29, 0.717) is 0 Å². The third-order valence-electron chi connectivity index (χ3n) is 2.91. The zero-order chi connectivity index (χ0) is 13.4. The van der Waals surface area contributed by atoms with Crippen LogP contribution in [0, 0.1) is 0 Å². The van der Waals surface area contributed by atoms with E-state index in [9.17, 15) is 22.3 Å². The molecule has 1 aromatic carbocycles. The van der Waals surface area contributed by atoms with E-state index >= 15 is 0 Å². The highest BCUT2D eigenvalue weighted by molar-refractivity contribution is 7.89. The van der Waals surface area contributed by atoms with Gasteiger partial charge in [0.05, 0.1) is 4.90 Å². The molecule has 100 valence electrons. The second kappa shape index (κ2) is 4.47. The average Bonchev–Trinajstić information content (AvgIpc) is 2.28. The molecule has 0 aromatic heterocycles. The Kier molecular flexibility index (Phi) is 3.29. The fourth-order valence-electron chi connectivity index (χ4n) is 1.85. The molecule has 7 heteroatoms. The van der Waals surface area contributed by atoms with Gasteiger partial charge in [0.2, 0.25) is 10.0 Å². The fourth-order valence-corrected chi connectivity index (χ4v) is 3.33. The van der Waals surface area contributed by atoms with Crippen LogP contribution in [0.25, 0.3) is 0 Å². The quantitative estimate of drug-likeness (QED) is 0.897. The summed E-state index contributed by atoms with van der Waals surface area (Å²) in [7, 11) is -3.79. The number of halogens is 2. The molecule has 1 aliphatic heterocycles. The second-order valence-electron chi connectivity index (χ2n) is 4.26. The van der Waals surface area contributed by atoms with E-state index in [4.69, 9.17) is 0 Å². The largest absolute Gasteiger partial charge is 0.508 e. The summed E-state index contributed by atoms with van der Waals surface area (Å²) < 4.78 is 51.2. The van der Waals surface area contributed by atoms with E-state index in [0.717, 1.165) is 10.4 Å². The van der Waals surface area contributed by atoms with E-state index in [2.05, 4.69) is 0 Å².